The summed E-state index contributed by atoms with van der Waals surface area (Å²) in [4.78, 5) is 4.64. The van der Waals surface area contributed by atoms with E-state index in [1.165, 1.54) is 0 Å². The molecule has 1 atom stereocenters. The van der Waals surface area contributed by atoms with Crippen LogP contribution in [0.25, 0.3) is 0 Å². The van der Waals surface area contributed by atoms with Gasteiger partial charge in [-0.15, -0.1) is 0 Å². The molecule has 3 rings (SSSR count). The van der Waals surface area contributed by atoms with Gasteiger partial charge in [0.05, 0.1) is 20.3 Å². The van der Waals surface area contributed by atoms with Crippen LogP contribution in [0.3, 0.4) is 0 Å². The third-order valence-electron chi connectivity index (χ3n) is 5.91. The molecule has 2 heterocycles. The highest BCUT2D eigenvalue weighted by molar-refractivity contribution is 5.46. The van der Waals surface area contributed by atoms with Gasteiger partial charge >= 0.3 is 0 Å². The summed E-state index contributed by atoms with van der Waals surface area (Å²) in [6.45, 7) is 7.12. The van der Waals surface area contributed by atoms with Crippen molar-refractivity contribution < 1.29 is 24.4 Å². The van der Waals surface area contributed by atoms with Gasteiger partial charge in [0.2, 0.25) is 0 Å². The smallest absolute Gasteiger partial charge is 0.165 e. The first kappa shape index (κ1) is 22.3. The Hall–Kier alpha value is -1.38. The summed E-state index contributed by atoms with van der Waals surface area (Å²) in [5, 5.41) is 19.6. The van der Waals surface area contributed by atoms with Gasteiger partial charge in [0.15, 0.2) is 11.5 Å². The van der Waals surface area contributed by atoms with Crippen molar-refractivity contribution in [3.05, 3.63) is 23.8 Å². The highest BCUT2D eigenvalue weighted by atomic mass is 16.5. The molecule has 0 spiro atoms. The second kappa shape index (κ2) is 11.7. The minimum absolute atomic E-state index is 0.239. The largest absolute Gasteiger partial charge is 0.493 e. The maximum absolute atomic E-state index is 10.4. The predicted molar refractivity (Wildman–Crippen MR) is 111 cm³/mol. The fourth-order valence-corrected chi connectivity index (χ4v) is 4.18. The number of β-amino-alcohol motifs (C(OH)–C–C–N with tert-alkyl or cyclic N) is 1. The number of hydrogen-bond acceptors (Lipinski definition) is 7. The van der Waals surface area contributed by atoms with Crippen LogP contribution in [0.4, 0.5) is 0 Å². The number of morpholine rings is 1. The third-order valence-corrected chi connectivity index (χ3v) is 5.91. The maximum Gasteiger partial charge on any atom is 0.165 e. The topological polar surface area (TPSA) is 74.6 Å². The van der Waals surface area contributed by atoms with Crippen molar-refractivity contribution in [3.63, 3.8) is 0 Å². The predicted octanol–water partition coefficient (Wildman–Crippen LogP) is 1.36. The second-order valence-electron chi connectivity index (χ2n) is 8.06. The number of likely N-dealkylation sites (tertiary alicyclic amines) is 1. The molecule has 2 N–H and O–H groups in total. The first-order valence-corrected chi connectivity index (χ1v) is 10.8. The number of hydrogen-bond donors (Lipinski definition) is 2. The van der Waals surface area contributed by atoms with Gasteiger partial charge in [-0.2, -0.15) is 0 Å². The van der Waals surface area contributed by atoms with Gasteiger partial charge in [0.1, 0.15) is 12.7 Å². The van der Waals surface area contributed by atoms with Crippen LogP contribution >= 0.6 is 0 Å². The van der Waals surface area contributed by atoms with Crippen molar-refractivity contribution >= 4 is 0 Å². The molecular formula is C22H36N2O5. The number of aliphatic hydroxyl groups is 2. The first-order valence-electron chi connectivity index (χ1n) is 10.8. The summed E-state index contributed by atoms with van der Waals surface area (Å²) in [6, 6.07) is 5.97. The molecule has 2 aliphatic rings. The van der Waals surface area contributed by atoms with E-state index in [4.69, 9.17) is 19.3 Å². The molecule has 0 unspecified atom stereocenters. The van der Waals surface area contributed by atoms with Crippen LogP contribution in [0.15, 0.2) is 18.2 Å². The molecule has 0 radical (unpaired) electrons. The molecule has 1 aromatic rings. The third kappa shape index (κ3) is 6.83. The van der Waals surface area contributed by atoms with Crippen molar-refractivity contribution in [1.29, 1.82) is 0 Å². The van der Waals surface area contributed by atoms with Crippen LogP contribution < -0.4 is 9.47 Å². The van der Waals surface area contributed by atoms with Crippen molar-refractivity contribution in [2.45, 2.75) is 31.9 Å². The average Bonchev–Trinajstić information content (AvgIpc) is 2.75. The van der Waals surface area contributed by atoms with Crippen LogP contribution in [-0.2, 0) is 11.3 Å². The highest BCUT2D eigenvalue weighted by Gasteiger charge is 2.22. The fraction of sp³-hybridized carbons (Fsp3) is 0.727. The summed E-state index contributed by atoms with van der Waals surface area (Å²) in [5.74, 6) is 2.07. The Morgan fingerprint density at radius 1 is 1.14 bits per heavy atom. The van der Waals surface area contributed by atoms with Gasteiger partial charge in [0, 0.05) is 38.3 Å². The minimum atomic E-state index is -0.555. The van der Waals surface area contributed by atoms with Crippen molar-refractivity contribution in [2.75, 3.05) is 66.3 Å². The zero-order valence-electron chi connectivity index (χ0n) is 17.6. The number of aliphatic hydroxyl groups excluding tert-OH is 2. The van der Waals surface area contributed by atoms with E-state index >= 15 is 0 Å². The Balaban J connectivity index is 1.56. The summed E-state index contributed by atoms with van der Waals surface area (Å²) in [6.07, 6.45) is 2.60. The lowest BCUT2D eigenvalue weighted by Crippen LogP contribution is -2.42. The fourth-order valence-electron chi connectivity index (χ4n) is 4.18. The number of methoxy groups -OCH3 is 1. The van der Waals surface area contributed by atoms with E-state index < -0.39 is 6.10 Å². The summed E-state index contributed by atoms with van der Waals surface area (Å²) < 4.78 is 17.0. The number of para-hydroxylation sites is 1. The van der Waals surface area contributed by atoms with Crippen molar-refractivity contribution in [1.82, 2.24) is 9.80 Å². The van der Waals surface area contributed by atoms with E-state index in [9.17, 15) is 5.11 Å². The molecule has 7 nitrogen and oxygen atoms in total. The average molecular weight is 409 g/mol. The van der Waals surface area contributed by atoms with Gasteiger partial charge in [-0.25, -0.2) is 0 Å². The SMILES string of the molecule is COc1cccc(CN2CCC(CCO)CC2)c1OC[C@H](O)CN1CCOCC1. The van der Waals surface area contributed by atoms with Gasteiger partial charge in [-0.3, -0.25) is 9.80 Å². The van der Waals surface area contributed by atoms with E-state index in [-0.39, 0.29) is 13.2 Å². The van der Waals surface area contributed by atoms with E-state index in [2.05, 4.69) is 15.9 Å². The van der Waals surface area contributed by atoms with Crippen LogP contribution in [-0.4, -0.2) is 92.4 Å². The Morgan fingerprint density at radius 3 is 2.59 bits per heavy atom. The number of ether oxygens (including phenoxy) is 3. The molecule has 0 bridgehead atoms. The molecule has 164 valence electrons. The van der Waals surface area contributed by atoms with Crippen LogP contribution in [0.5, 0.6) is 11.5 Å². The summed E-state index contributed by atoms with van der Waals surface area (Å²) >= 11 is 0. The molecule has 2 aliphatic heterocycles. The quantitative estimate of drug-likeness (QED) is 0.606. The lowest BCUT2D eigenvalue weighted by molar-refractivity contribution is 0.00428. The monoisotopic (exact) mass is 408 g/mol. The van der Waals surface area contributed by atoms with E-state index in [1.54, 1.807) is 7.11 Å². The standard InChI is InChI=1S/C22H36N2O5/c1-27-21-4-2-3-19(15-23-8-5-18(6-9-23)7-12-25)22(21)29-17-20(26)16-24-10-13-28-14-11-24/h2-4,18,20,25-26H,5-17H2,1H3/t20-/m1/s1. The zero-order chi connectivity index (χ0) is 20.5. The van der Waals surface area contributed by atoms with Crippen LogP contribution in [0.2, 0.25) is 0 Å². The van der Waals surface area contributed by atoms with Crippen molar-refractivity contribution in [2.24, 2.45) is 5.92 Å². The molecule has 2 fully saturated rings. The second-order valence-corrected chi connectivity index (χ2v) is 8.06. The molecule has 0 amide bonds. The highest BCUT2D eigenvalue weighted by Crippen LogP contribution is 2.33. The van der Waals surface area contributed by atoms with E-state index in [0.29, 0.717) is 18.2 Å². The summed E-state index contributed by atoms with van der Waals surface area (Å²) in [7, 11) is 1.65. The normalized spacial score (nSPS) is 20.5. The van der Waals surface area contributed by atoms with Gasteiger partial charge in [0.25, 0.3) is 0 Å². The van der Waals surface area contributed by atoms with E-state index in [0.717, 1.165) is 76.5 Å². The molecule has 0 saturated carbocycles. The Morgan fingerprint density at radius 2 is 1.90 bits per heavy atom. The van der Waals surface area contributed by atoms with Gasteiger partial charge in [-0.1, -0.05) is 12.1 Å². The Kier molecular flexibility index (Phi) is 9.01. The zero-order valence-corrected chi connectivity index (χ0v) is 17.6. The number of rotatable bonds is 10. The molecule has 7 heteroatoms. The van der Waals surface area contributed by atoms with E-state index in [1.807, 2.05) is 12.1 Å². The molecule has 2 saturated heterocycles. The molecule has 0 aliphatic carbocycles. The number of piperidine rings is 1. The first-order chi connectivity index (χ1) is 14.2. The van der Waals surface area contributed by atoms with Gasteiger partial charge in [-0.05, 0) is 44.3 Å². The number of benzene rings is 1. The lowest BCUT2D eigenvalue weighted by atomic mass is 9.93. The Bertz CT molecular complexity index is 601. The number of nitrogens with zero attached hydrogens (tertiary/aromatic N) is 2. The maximum atomic E-state index is 10.4. The molecule has 29 heavy (non-hydrogen) atoms. The molecule has 0 aromatic heterocycles. The minimum Gasteiger partial charge on any atom is -0.493 e. The van der Waals surface area contributed by atoms with Gasteiger partial charge < -0.3 is 24.4 Å². The summed E-state index contributed by atoms with van der Waals surface area (Å²) in [5.41, 5.74) is 1.09. The lowest BCUT2D eigenvalue weighted by Gasteiger charge is -2.32. The van der Waals surface area contributed by atoms with Crippen LogP contribution in [0, 0.1) is 5.92 Å². The molecular weight excluding hydrogens is 372 g/mol. The van der Waals surface area contributed by atoms with Crippen LogP contribution in [0.1, 0.15) is 24.8 Å². The molecule has 1 aromatic carbocycles. The van der Waals surface area contributed by atoms with Crippen molar-refractivity contribution in [3.8, 4) is 11.5 Å². The Labute approximate surface area is 174 Å².